The Balaban J connectivity index is 3.10. The van der Waals surface area contributed by atoms with Crippen LogP contribution in [0.2, 0.25) is 0 Å². The van der Waals surface area contributed by atoms with Gasteiger partial charge < -0.3 is 9.84 Å². The number of aromatic carboxylic acids is 1. The highest BCUT2D eigenvalue weighted by Crippen LogP contribution is 2.22. The molecule has 6 heteroatoms. The predicted octanol–water partition coefficient (Wildman–Crippen LogP) is 1.40. The van der Waals surface area contributed by atoms with Crippen molar-refractivity contribution in [3.63, 3.8) is 0 Å². The zero-order valence-corrected chi connectivity index (χ0v) is 11.3. The summed E-state index contributed by atoms with van der Waals surface area (Å²) in [6, 6.07) is 0. The largest absolute Gasteiger partial charge is 0.478 e. The van der Waals surface area contributed by atoms with Crippen molar-refractivity contribution in [3.05, 3.63) is 17.0 Å². The third kappa shape index (κ3) is 2.52. The van der Waals surface area contributed by atoms with Crippen LogP contribution in [0.3, 0.4) is 0 Å². The van der Waals surface area contributed by atoms with E-state index in [-0.39, 0.29) is 18.1 Å². The predicted molar refractivity (Wildman–Crippen MR) is 64.5 cm³/mol. The molecule has 18 heavy (non-hydrogen) atoms. The summed E-state index contributed by atoms with van der Waals surface area (Å²) in [6.07, 6.45) is 0. The Morgan fingerprint density at radius 1 is 1.39 bits per heavy atom. The summed E-state index contributed by atoms with van der Waals surface area (Å²) < 4.78 is 6.25. The first-order valence-corrected chi connectivity index (χ1v) is 5.56. The third-order valence-electron chi connectivity index (χ3n) is 2.88. The fourth-order valence-corrected chi connectivity index (χ4v) is 1.88. The quantitative estimate of drug-likeness (QED) is 0.821. The maximum atomic E-state index is 11.6. The molecule has 0 bridgehead atoms. The average molecular weight is 254 g/mol. The highest BCUT2D eigenvalue weighted by molar-refractivity contribution is 5.90. The van der Waals surface area contributed by atoms with Gasteiger partial charge in [-0.1, -0.05) is 0 Å². The van der Waals surface area contributed by atoms with Crippen LogP contribution in [0.15, 0.2) is 0 Å². The minimum atomic E-state index is -1.01. The van der Waals surface area contributed by atoms with E-state index < -0.39 is 11.4 Å². The number of ether oxygens (including phenoxy) is 1. The summed E-state index contributed by atoms with van der Waals surface area (Å²) >= 11 is 0. The minimum absolute atomic E-state index is 0.190. The summed E-state index contributed by atoms with van der Waals surface area (Å²) in [4.78, 5) is 22.7. The number of rotatable bonds is 4. The van der Waals surface area contributed by atoms with Crippen molar-refractivity contribution in [2.24, 2.45) is 5.41 Å². The van der Waals surface area contributed by atoms with Crippen LogP contribution in [0.1, 0.15) is 35.6 Å². The number of carbonyl (C=O) groups is 2. The zero-order chi connectivity index (χ0) is 14.1. The summed E-state index contributed by atoms with van der Waals surface area (Å²) in [6.45, 7) is 7.06. The van der Waals surface area contributed by atoms with E-state index in [1.165, 1.54) is 11.8 Å². The molecule has 1 rings (SSSR count). The Bertz CT molecular complexity index is 489. The van der Waals surface area contributed by atoms with E-state index in [1.54, 1.807) is 27.7 Å². The van der Waals surface area contributed by atoms with Gasteiger partial charge in [-0.15, -0.1) is 0 Å². The normalized spacial score (nSPS) is 11.4. The van der Waals surface area contributed by atoms with Gasteiger partial charge in [0.2, 0.25) is 0 Å². The highest BCUT2D eigenvalue weighted by atomic mass is 16.5. The number of aryl methyl sites for hydroxylation is 1. The molecule has 0 atom stereocenters. The molecule has 0 radical (unpaired) electrons. The molecule has 1 heterocycles. The van der Waals surface area contributed by atoms with Gasteiger partial charge in [-0.3, -0.25) is 9.48 Å². The highest BCUT2D eigenvalue weighted by Gasteiger charge is 2.31. The van der Waals surface area contributed by atoms with Crippen molar-refractivity contribution in [3.8, 4) is 0 Å². The first-order valence-electron chi connectivity index (χ1n) is 5.56. The number of carboxylic acids is 1. The number of hydrogen-bond donors (Lipinski definition) is 1. The number of aromatic nitrogens is 2. The molecule has 1 aromatic heterocycles. The maximum absolute atomic E-state index is 11.6. The number of esters is 1. The molecule has 0 aliphatic carbocycles. The van der Waals surface area contributed by atoms with Crippen LogP contribution in [0.5, 0.6) is 0 Å². The van der Waals surface area contributed by atoms with Crippen molar-refractivity contribution in [1.29, 1.82) is 0 Å². The van der Waals surface area contributed by atoms with Gasteiger partial charge in [0, 0.05) is 0 Å². The monoisotopic (exact) mass is 254 g/mol. The van der Waals surface area contributed by atoms with Crippen molar-refractivity contribution in [1.82, 2.24) is 9.78 Å². The van der Waals surface area contributed by atoms with E-state index in [9.17, 15) is 9.59 Å². The molecule has 0 saturated carbocycles. The molecule has 1 aromatic rings. The van der Waals surface area contributed by atoms with Gasteiger partial charge in [0.05, 0.1) is 30.5 Å². The summed E-state index contributed by atoms with van der Waals surface area (Å²) in [5.41, 5.74) is 0.418. The number of nitrogens with zero attached hydrogens (tertiary/aromatic N) is 2. The molecule has 0 aliphatic rings. The molecule has 100 valence electrons. The lowest BCUT2D eigenvalue weighted by Crippen LogP contribution is -2.31. The zero-order valence-electron chi connectivity index (χ0n) is 11.3. The SMILES string of the molecule is COC(=O)C(C)(C)Cn1nc(C)c(C(=O)O)c1C. The van der Waals surface area contributed by atoms with Crippen LogP contribution in [-0.2, 0) is 16.1 Å². The molecule has 0 aromatic carbocycles. The molecule has 0 saturated heterocycles. The lowest BCUT2D eigenvalue weighted by Gasteiger charge is -2.21. The van der Waals surface area contributed by atoms with E-state index in [0.717, 1.165) is 0 Å². The molecular weight excluding hydrogens is 236 g/mol. The average Bonchev–Trinajstić information content (AvgIpc) is 2.52. The summed E-state index contributed by atoms with van der Waals surface area (Å²) in [5.74, 6) is -1.36. The Morgan fingerprint density at radius 3 is 2.33 bits per heavy atom. The van der Waals surface area contributed by atoms with Crippen molar-refractivity contribution in [2.45, 2.75) is 34.2 Å². The topological polar surface area (TPSA) is 81.4 Å². The van der Waals surface area contributed by atoms with Gasteiger partial charge in [-0.25, -0.2) is 4.79 Å². The summed E-state index contributed by atoms with van der Waals surface area (Å²) in [5, 5.41) is 13.2. The van der Waals surface area contributed by atoms with Crippen LogP contribution < -0.4 is 0 Å². The van der Waals surface area contributed by atoms with Gasteiger partial charge in [0.15, 0.2) is 0 Å². The van der Waals surface area contributed by atoms with Crippen LogP contribution in [0, 0.1) is 19.3 Å². The van der Waals surface area contributed by atoms with Gasteiger partial charge in [-0.05, 0) is 27.7 Å². The Kier molecular flexibility index (Phi) is 3.79. The lowest BCUT2D eigenvalue weighted by atomic mass is 9.94. The molecule has 6 nitrogen and oxygen atoms in total. The number of methoxy groups -OCH3 is 1. The van der Waals surface area contributed by atoms with Crippen LogP contribution in [-0.4, -0.2) is 33.9 Å². The van der Waals surface area contributed by atoms with Crippen LogP contribution in [0.25, 0.3) is 0 Å². The number of hydrogen-bond acceptors (Lipinski definition) is 4. The van der Waals surface area contributed by atoms with Gasteiger partial charge in [0.25, 0.3) is 0 Å². The number of carbonyl (C=O) groups excluding carboxylic acids is 1. The van der Waals surface area contributed by atoms with Gasteiger partial charge in [-0.2, -0.15) is 5.10 Å². The van der Waals surface area contributed by atoms with Crippen molar-refractivity contribution in [2.75, 3.05) is 7.11 Å². The van der Waals surface area contributed by atoms with E-state index >= 15 is 0 Å². The van der Waals surface area contributed by atoms with E-state index in [0.29, 0.717) is 11.4 Å². The molecule has 0 unspecified atom stereocenters. The van der Waals surface area contributed by atoms with Crippen molar-refractivity contribution < 1.29 is 19.4 Å². The number of carboxylic acid groups (broad SMARTS) is 1. The molecule has 0 aliphatic heterocycles. The van der Waals surface area contributed by atoms with Gasteiger partial charge in [0.1, 0.15) is 5.56 Å². The molecule has 0 fully saturated rings. The fourth-order valence-electron chi connectivity index (χ4n) is 1.88. The fraction of sp³-hybridized carbons (Fsp3) is 0.583. The second kappa shape index (κ2) is 4.80. The molecule has 0 amide bonds. The Morgan fingerprint density at radius 2 is 1.94 bits per heavy atom. The first-order chi connectivity index (χ1) is 8.20. The standard InChI is InChI=1S/C12H18N2O4/c1-7-9(10(15)16)8(2)14(13-7)6-12(3,4)11(17)18-5/h6H2,1-5H3,(H,15,16). The molecule has 1 N–H and O–H groups in total. The Labute approximate surface area is 106 Å². The van der Waals surface area contributed by atoms with Crippen LogP contribution >= 0.6 is 0 Å². The minimum Gasteiger partial charge on any atom is -0.478 e. The Hall–Kier alpha value is -1.85. The second-order valence-electron chi connectivity index (χ2n) is 4.88. The smallest absolute Gasteiger partial charge is 0.339 e. The van der Waals surface area contributed by atoms with Crippen LogP contribution in [0.4, 0.5) is 0 Å². The molecular formula is C12H18N2O4. The lowest BCUT2D eigenvalue weighted by molar-refractivity contribution is -0.151. The second-order valence-corrected chi connectivity index (χ2v) is 4.88. The van der Waals surface area contributed by atoms with E-state index in [4.69, 9.17) is 9.84 Å². The first kappa shape index (κ1) is 14.2. The van der Waals surface area contributed by atoms with E-state index in [1.807, 2.05) is 0 Å². The third-order valence-corrected chi connectivity index (χ3v) is 2.88. The molecule has 0 spiro atoms. The van der Waals surface area contributed by atoms with Crippen molar-refractivity contribution >= 4 is 11.9 Å². The summed E-state index contributed by atoms with van der Waals surface area (Å²) in [7, 11) is 1.33. The van der Waals surface area contributed by atoms with Gasteiger partial charge >= 0.3 is 11.9 Å². The maximum Gasteiger partial charge on any atom is 0.339 e. The van der Waals surface area contributed by atoms with E-state index in [2.05, 4.69) is 5.10 Å².